The van der Waals surface area contributed by atoms with E-state index in [9.17, 15) is 13.2 Å². The van der Waals surface area contributed by atoms with Gasteiger partial charge in [-0.15, -0.1) is 0 Å². The van der Waals surface area contributed by atoms with Crippen molar-refractivity contribution in [2.75, 3.05) is 19.8 Å². The predicted molar refractivity (Wildman–Crippen MR) is 73.8 cm³/mol. The van der Waals surface area contributed by atoms with Crippen molar-refractivity contribution in [2.24, 2.45) is 11.8 Å². The van der Waals surface area contributed by atoms with Crippen molar-refractivity contribution in [1.29, 1.82) is 0 Å². The van der Waals surface area contributed by atoms with Gasteiger partial charge in [0.2, 0.25) is 0 Å². The van der Waals surface area contributed by atoms with Crippen LogP contribution in [0.1, 0.15) is 36.4 Å². The summed E-state index contributed by atoms with van der Waals surface area (Å²) in [5.74, 6) is 0.952. The summed E-state index contributed by atoms with van der Waals surface area (Å²) in [6.07, 6.45) is -1.06. The first kappa shape index (κ1) is 14.9. The van der Waals surface area contributed by atoms with Gasteiger partial charge in [-0.05, 0) is 48.8 Å². The minimum Gasteiger partial charge on any atom is -0.381 e. The highest BCUT2D eigenvalue weighted by Crippen LogP contribution is 2.42. The van der Waals surface area contributed by atoms with Gasteiger partial charge >= 0.3 is 6.18 Å². The smallest absolute Gasteiger partial charge is 0.381 e. The van der Waals surface area contributed by atoms with Crippen molar-refractivity contribution < 1.29 is 17.9 Å². The Labute approximate surface area is 122 Å². The van der Waals surface area contributed by atoms with E-state index in [1.165, 1.54) is 12.1 Å². The van der Waals surface area contributed by atoms with E-state index in [0.29, 0.717) is 11.8 Å². The second kappa shape index (κ2) is 5.97. The van der Waals surface area contributed by atoms with Gasteiger partial charge in [-0.3, -0.25) is 0 Å². The summed E-state index contributed by atoms with van der Waals surface area (Å²) in [5, 5.41) is 3.47. The van der Waals surface area contributed by atoms with Crippen LogP contribution in [-0.4, -0.2) is 19.8 Å². The lowest BCUT2D eigenvalue weighted by Crippen LogP contribution is -2.29. The molecule has 0 amide bonds. The van der Waals surface area contributed by atoms with Crippen LogP contribution in [0.3, 0.4) is 0 Å². The lowest BCUT2D eigenvalue weighted by Gasteiger charge is -2.21. The highest BCUT2D eigenvalue weighted by Gasteiger charge is 2.35. The molecule has 2 fully saturated rings. The van der Waals surface area contributed by atoms with Gasteiger partial charge in [-0.1, -0.05) is 12.1 Å². The normalized spacial score (nSPS) is 24.2. The molecule has 2 aliphatic rings. The standard InChI is InChI=1S/C16H20F3NO/c17-16(18,19)14-3-1-2-13(8-14)15(12-4-5-12)20-9-11-6-7-21-10-11/h1-3,8,11-12,15,20H,4-7,9-10H2/t11-,15-/m1/s1. The quantitative estimate of drug-likeness (QED) is 0.893. The monoisotopic (exact) mass is 299 g/mol. The maximum atomic E-state index is 12.8. The maximum Gasteiger partial charge on any atom is 0.416 e. The lowest BCUT2D eigenvalue weighted by atomic mass is 9.99. The van der Waals surface area contributed by atoms with Gasteiger partial charge < -0.3 is 10.1 Å². The molecule has 116 valence electrons. The first-order valence-electron chi connectivity index (χ1n) is 7.52. The van der Waals surface area contributed by atoms with Crippen LogP contribution in [0.25, 0.3) is 0 Å². The van der Waals surface area contributed by atoms with Crippen molar-refractivity contribution in [2.45, 2.75) is 31.5 Å². The van der Waals surface area contributed by atoms with Gasteiger partial charge in [-0.25, -0.2) is 0 Å². The minimum absolute atomic E-state index is 0.0351. The lowest BCUT2D eigenvalue weighted by molar-refractivity contribution is -0.137. The highest BCUT2D eigenvalue weighted by molar-refractivity contribution is 5.29. The molecule has 2 atom stereocenters. The predicted octanol–water partition coefficient (Wildman–Crippen LogP) is 3.78. The Morgan fingerprint density at radius 3 is 2.67 bits per heavy atom. The van der Waals surface area contributed by atoms with Crippen LogP contribution in [0, 0.1) is 11.8 Å². The molecule has 1 heterocycles. The number of hydrogen-bond donors (Lipinski definition) is 1. The van der Waals surface area contributed by atoms with Crippen LogP contribution in [0.5, 0.6) is 0 Å². The summed E-state index contributed by atoms with van der Waals surface area (Å²) >= 11 is 0. The first-order valence-corrected chi connectivity index (χ1v) is 7.52. The number of rotatable bonds is 5. The second-order valence-electron chi connectivity index (χ2n) is 6.08. The molecule has 0 spiro atoms. The molecule has 2 nitrogen and oxygen atoms in total. The van der Waals surface area contributed by atoms with E-state index in [1.807, 2.05) is 0 Å². The Balaban J connectivity index is 1.71. The summed E-state index contributed by atoms with van der Waals surface area (Å²) in [6.45, 7) is 2.37. The van der Waals surface area contributed by atoms with Crippen LogP contribution in [-0.2, 0) is 10.9 Å². The van der Waals surface area contributed by atoms with Crippen LogP contribution in [0.2, 0.25) is 0 Å². The zero-order valence-electron chi connectivity index (χ0n) is 11.8. The fourth-order valence-electron chi connectivity index (χ4n) is 2.93. The molecular weight excluding hydrogens is 279 g/mol. The summed E-state index contributed by atoms with van der Waals surface area (Å²) < 4.78 is 43.9. The fourth-order valence-corrected chi connectivity index (χ4v) is 2.93. The average Bonchev–Trinajstić information content (AvgIpc) is 3.14. The number of benzene rings is 1. The highest BCUT2D eigenvalue weighted by atomic mass is 19.4. The summed E-state index contributed by atoms with van der Waals surface area (Å²) in [6, 6.07) is 5.77. The van der Waals surface area contributed by atoms with Gasteiger partial charge in [-0.2, -0.15) is 13.2 Å². The zero-order valence-corrected chi connectivity index (χ0v) is 11.8. The van der Waals surface area contributed by atoms with Gasteiger partial charge in [0.15, 0.2) is 0 Å². The fraction of sp³-hybridized carbons (Fsp3) is 0.625. The SMILES string of the molecule is FC(F)(F)c1cccc([C@H](NC[C@H]2CCOC2)C2CC2)c1. The third kappa shape index (κ3) is 3.77. The molecule has 5 heteroatoms. The third-order valence-electron chi connectivity index (χ3n) is 4.32. The van der Waals surface area contributed by atoms with Crippen molar-refractivity contribution in [3.05, 3.63) is 35.4 Å². The number of hydrogen-bond acceptors (Lipinski definition) is 2. The maximum absolute atomic E-state index is 12.8. The van der Waals surface area contributed by atoms with E-state index < -0.39 is 11.7 Å². The minimum atomic E-state index is -4.27. The Morgan fingerprint density at radius 1 is 1.24 bits per heavy atom. The van der Waals surface area contributed by atoms with Gasteiger partial charge in [0.25, 0.3) is 0 Å². The molecule has 1 aliphatic carbocycles. The number of ether oxygens (including phenoxy) is 1. The Bertz CT molecular complexity index is 479. The Kier molecular flexibility index (Phi) is 4.22. The Morgan fingerprint density at radius 2 is 2.05 bits per heavy atom. The van der Waals surface area contributed by atoms with E-state index in [2.05, 4.69) is 5.32 Å². The average molecular weight is 299 g/mol. The molecule has 0 unspecified atom stereocenters. The van der Waals surface area contributed by atoms with Gasteiger partial charge in [0.1, 0.15) is 0 Å². The van der Waals surface area contributed by atoms with Gasteiger partial charge in [0, 0.05) is 19.2 Å². The van der Waals surface area contributed by atoms with E-state index in [0.717, 1.165) is 50.7 Å². The number of halogens is 3. The number of nitrogens with one attached hydrogen (secondary N) is 1. The third-order valence-corrected chi connectivity index (χ3v) is 4.32. The molecule has 1 aromatic rings. The van der Waals surface area contributed by atoms with Crippen molar-refractivity contribution in [3.8, 4) is 0 Å². The number of alkyl halides is 3. The van der Waals surface area contributed by atoms with Gasteiger partial charge in [0.05, 0.1) is 12.2 Å². The van der Waals surface area contributed by atoms with Crippen molar-refractivity contribution in [1.82, 2.24) is 5.32 Å². The molecule has 0 radical (unpaired) electrons. The molecule has 0 aromatic heterocycles. The Hall–Kier alpha value is -1.07. The largest absolute Gasteiger partial charge is 0.416 e. The molecule has 1 saturated heterocycles. The van der Waals surface area contributed by atoms with E-state index in [-0.39, 0.29) is 6.04 Å². The summed E-state index contributed by atoms with van der Waals surface area (Å²) in [4.78, 5) is 0. The zero-order chi connectivity index (χ0) is 14.9. The van der Waals surface area contributed by atoms with Crippen LogP contribution in [0.4, 0.5) is 13.2 Å². The molecule has 3 rings (SSSR count). The summed E-state index contributed by atoms with van der Waals surface area (Å²) in [7, 11) is 0. The molecule has 1 aromatic carbocycles. The molecule has 0 bridgehead atoms. The molecular formula is C16H20F3NO. The molecule has 1 N–H and O–H groups in total. The van der Waals surface area contributed by atoms with E-state index >= 15 is 0 Å². The molecule has 1 aliphatic heterocycles. The second-order valence-corrected chi connectivity index (χ2v) is 6.08. The summed E-state index contributed by atoms with van der Waals surface area (Å²) in [5.41, 5.74) is 0.197. The first-order chi connectivity index (χ1) is 10.0. The van der Waals surface area contributed by atoms with Crippen LogP contribution >= 0.6 is 0 Å². The molecule has 1 saturated carbocycles. The van der Waals surface area contributed by atoms with E-state index in [4.69, 9.17) is 4.74 Å². The van der Waals surface area contributed by atoms with Crippen molar-refractivity contribution >= 4 is 0 Å². The van der Waals surface area contributed by atoms with E-state index in [1.54, 1.807) is 6.07 Å². The topological polar surface area (TPSA) is 21.3 Å². The molecule has 21 heavy (non-hydrogen) atoms. The van der Waals surface area contributed by atoms with Crippen LogP contribution in [0.15, 0.2) is 24.3 Å². The van der Waals surface area contributed by atoms with Crippen molar-refractivity contribution in [3.63, 3.8) is 0 Å². The van der Waals surface area contributed by atoms with Crippen LogP contribution < -0.4 is 5.32 Å².